The number of oxime groups is 1. The molecule has 1 rings (SSSR count). The first kappa shape index (κ1) is 9.58. The van der Waals surface area contributed by atoms with Gasteiger partial charge in [0, 0.05) is 11.8 Å². The predicted molar refractivity (Wildman–Crippen MR) is 48.4 cm³/mol. The van der Waals surface area contributed by atoms with E-state index < -0.39 is 0 Å². The minimum atomic E-state index is -0.121. The molecule has 0 saturated carbocycles. The molecule has 0 fully saturated rings. The summed E-state index contributed by atoms with van der Waals surface area (Å²) in [4.78, 5) is 3.69. The normalized spacial score (nSPS) is 11.8. The number of pyridine rings is 1. The molecule has 0 atom stereocenters. The van der Waals surface area contributed by atoms with E-state index in [1.165, 1.54) is 12.3 Å². The lowest BCUT2D eigenvalue weighted by molar-refractivity contribution is 0.321. The van der Waals surface area contributed by atoms with Gasteiger partial charge >= 0.3 is 0 Å². The van der Waals surface area contributed by atoms with Crippen molar-refractivity contribution in [3.05, 3.63) is 28.0 Å². The zero-order valence-electron chi connectivity index (χ0n) is 5.63. The number of rotatable bonds is 1. The van der Waals surface area contributed by atoms with Crippen molar-refractivity contribution in [2.24, 2.45) is 5.16 Å². The standard InChI is InChI=1S/C6H3Cl3N2O/c7-4-2-10-5(8)1-3(4)6(9)11-12/h1-2,12H. The van der Waals surface area contributed by atoms with Crippen LogP contribution in [0.4, 0.5) is 0 Å². The Morgan fingerprint density at radius 1 is 1.50 bits per heavy atom. The quantitative estimate of drug-likeness (QED) is 0.346. The largest absolute Gasteiger partial charge is 0.410 e. The van der Waals surface area contributed by atoms with E-state index in [0.717, 1.165) is 0 Å². The van der Waals surface area contributed by atoms with Crippen molar-refractivity contribution in [1.82, 2.24) is 4.98 Å². The van der Waals surface area contributed by atoms with Crippen LogP contribution in [0, 0.1) is 0 Å². The molecule has 0 amide bonds. The molecule has 0 spiro atoms. The monoisotopic (exact) mass is 224 g/mol. The molecule has 6 heteroatoms. The minimum Gasteiger partial charge on any atom is -0.410 e. The molecule has 1 heterocycles. The van der Waals surface area contributed by atoms with Gasteiger partial charge in [0.15, 0.2) is 5.17 Å². The Morgan fingerprint density at radius 2 is 2.17 bits per heavy atom. The zero-order chi connectivity index (χ0) is 9.14. The van der Waals surface area contributed by atoms with Crippen LogP contribution >= 0.6 is 34.8 Å². The summed E-state index contributed by atoms with van der Waals surface area (Å²) in [5, 5.41) is 11.5. The average Bonchev–Trinajstić information content (AvgIpc) is 2.08. The Balaban J connectivity index is 3.23. The second-order valence-electron chi connectivity index (χ2n) is 1.88. The van der Waals surface area contributed by atoms with E-state index in [0.29, 0.717) is 5.56 Å². The minimum absolute atomic E-state index is 0.121. The van der Waals surface area contributed by atoms with Crippen LogP contribution in [0.1, 0.15) is 5.56 Å². The molecule has 0 radical (unpaired) electrons. The Hall–Kier alpha value is -0.510. The Morgan fingerprint density at radius 3 is 2.75 bits per heavy atom. The summed E-state index contributed by atoms with van der Waals surface area (Å²) in [5.74, 6) is 0. The van der Waals surface area contributed by atoms with Crippen LogP contribution in [-0.4, -0.2) is 15.4 Å². The lowest BCUT2D eigenvalue weighted by atomic mass is 10.3. The van der Waals surface area contributed by atoms with E-state index in [1.807, 2.05) is 0 Å². The molecule has 1 N–H and O–H groups in total. The molecule has 0 bridgehead atoms. The van der Waals surface area contributed by atoms with Crippen molar-refractivity contribution >= 4 is 40.0 Å². The van der Waals surface area contributed by atoms with E-state index in [9.17, 15) is 0 Å². The van der Waals surface area contributed by atoms with Crippen molar-refractivity contribution in [3.8, 4) is 0 Å². The third-order valence-corrected chi connectivity index (χ3v) is 1.92. The van der Waals surface area contributed by atoms with Gasteiger partial charge in [0.1, 0.15) is 5.15 Å². The fourth-order valence-electron chi connectivity index (χ4n) is 0.625. The smallest absolute Gasteiger partial charge is 0.177 e. The van der Waals surface area contributed by atoms with E-state index in [1.54, 1.807) is 0 Å². The first-order valence-electron chi connectivity index (χ1n) is 2.84. The molecule has 0 aromatic carbocycles. The molecule has 0 aliphatic heterocycles. The van der Waals surface area contributed by atoms with Crippen molar-refractivity contribution in [1.29, 1.82) is 0 Å². The Labute approximate surface area is 83.6 Å². The lowest BCUT2D eigenvalue weighted by Crippen LogP contribution is -1.93. The number of nitrogens with zero attached hydrogens (tertiary/aromatic N) is 2. The molecule has 1 aromatic heterocycles. The summed E-state index contributed by atoms with van der Waals surface area (Å²) in [6.07, 6.45) is 1.33. The van der Waals surface area contributed by atoms with E-state index in [-0.39, 0.29) is 15.3 Å². The van der Waals surface area contributed by atoms with Crippen LogP contribution < -0.4 is 0 Å². The number of hydrogen-bond acceptors (Lipinski definition) is 3. The van der Waals surface area contributed by atoms with Gasteiger partial charge in [0.2, 0.25) is 0 Å². The summed E-state index contributed by atoms with van der Waals surface area (Å²) in [6, 6.07) is 1.41. The molecular weight excluding hydrogens is 222 g/mol. The van der Waals surface area contributed by atoms with Gasteiger partial charge < -0.3 is 5.21 Å². The lowest BCUT2D eigenvalue weighted by Gasteiger charge is -1.99. The maximum Gasteiger partial charge on any atom is 0.177 e. The maximum atomic E-state index is 8.34. The fraction of sp³-hybridized carbons (Fsp3) is 0. The highest BCUT2D eigenvalue weighted by molar-refractivity contribution is 6.70. The van der Waals surface area contributed by atoms with Crippen LogP contribution in [0.25, 0.3) is 0 Å². The summed E-state index contributed by atoms with van der Waals surface area (Å²) in [6.45, 7) is 0. The molecular formula is C6H3Cl3N2O. The van der Waals surface area contributed by atoms with E-state index in [2.05, 4.69) is 10.1 Å². The van der Waals surface area contributed by atoms with Crippen molar-refractivity contribution in [2.75, 3.05) is 0 Å². The predicted octanol–water partition coefficient (Wildman–Crippen LogP) is 2.76. The van der Waals surface area contributed by atoms with Gasteiger partial charge in [-0.2, -0.15) is 0 Å². The summed E-state index contributed by atoms with van der Waals surface area (Å²) < 4.78 is 0. The third-order valence-electron chi connectivity index (χ3n) is 1.13. The Bertz CT molecular complexity index is 327. The van der Waals surface area contributed by atoms with Crippen LogP contribution in [0.15, 0.2) is 17.4 Å². The van der Waals surface area contributed by atoms with Crippen molar-refractivity contribution < 1.29 is 5.21 Å². The highest BCUT2D eigenvalue weighted by Crippen LogP contribution is 2.20. The molecule has 0 unspecified atom stereocenters. The third kappa shape index (κ3) is 2.00. The van der Waals surface area contributed by atoms with Crippen LogP contribution in [-0.2, 0) is 0 Å². The highest BCUT2D eigenvalue weighted by Gasteiger charge is 2.07. The maximum absolute atomic E-state index is 8.34. The second kappa shape index (κ2) is 3.94. The first-order chi connectivity index (χ1) is 5.65. The molecule has 0 aliphatic rings. The van der Waals surface area contributed by atoms with E-state index >= 15 is 0 Å². The van der Waals surface area contributed by atoms with Gasteiger partial charge in [0.25, 0.3) is 0 Å². The number of halogens is 3. The molecule has 1 aromatic rings. The van der Waals surface area contributed by atoms with Gasteiger partial charge in [-0.25, -0.2) is 4.98 Å². The average molecular weight is 225 g/mol. The number of aromatic nitrogens is 1. The van der Waals surface area contributed by atoms with E-state index in [4.69, 9.17) is 40.0 Å². The van der Waals surface area contributed by atoms with Crippen LogP contribution in [0.2, 0.25) is 10.2 Å². The second-order valence-corrected chi connectivity index (χ2v) is 3.03. The van der Waals surface area contributed by atoms with Gasteiger partial charge in [0.05, 0.1) is 5.02 Å². The summed E-state index contributed by atoms with van der Waals surface area (Å²) >= 11 is 16.7. The van der Waals surface area contributed by atoms with Gasteiger partial charge in [-0.1, -0.05) is 40.0 Å². The number of hydrogen-bond donors (Lipinski definition) is 1. The first-order valence-corrected chi connectivity index (χ1v) is 3.97. The summed E-state index contributed by atoms with van der Waals surface area (Å²) in [5.41, 5.74) is 0.348. The van der Waals surface area contributed by atoms with Gasteiger partial charge in [-0.3, -0.25) is 0 Å². The van der Waals surface area contributed by atoms with Gasteiger partial charge in [-0.05, 0) is 6.07 Å². The Kier molecular flexibility index (Phi) is 3.14. The van der Waals surface area contributed by atoms with Gasteiger partial charge in [-0.15, -0.1) is 0 Å². The van der Waals surface area contributed by atoms with Crippen LogP contribution in [0.5, 0.6) is 0 Å². The fourth-order valence-corrected chi connectivity index (χ4v) is 1.18. The van der Waals surface area contributed by atoms with Crippen molar-refractivity contribution in [3.63, 3.8) is 0 Å². The van der Waals surface area contributed by atoms with Crippen LogP contribution in [0.3, 0.4) is 0 Å². The molecule has 12 heavy (non-hydrogen) atoms. The topological polar surface area (TPSA) is 45.5 Å². The SMILES string of the molecule is ON=C(Cl)c1cc(Cl)ncc1Cl. The molecule has 0 saturated heterocycles. The molecule has 0 aliphatic carbocycles. The summed E-state index contributed by atoms with van der Waals surface area (Å²) in [7, 11) is 0. The zero-order valence-corrected chi connectivity index (χ0v) is 7.90. The molecule has 64 valence electrons. The molecule has 3 nitrogen and oxygen atoms in total. The highest BCUT2D eigenvalue weighted by atomic mass is 35.5. The van der Waals surface area contributed by atoms with Crippen molar-refractivity contribution in [2.45, 2.75) is 0 Å².